The van der Waals surface area contributed by atoms with Gasteiger partial charge < -0.3 is 5.32 Å². The van der Waals surface area contributed by atoms with E-state index in [9.17, 15) is 13.2 Å². The Morgan fingerprint density at radius 2 is 1.66 bits per heavy atom. The molecule has 0 aliphatic heterocycles. The number of anilines is 1. The van der Waals surface area contributed by atoms with E-state index in [0.29, 0.717) is 5.69 Å². The first kappa shape index (κ1) is 22.1. The third kappa shape index (κ3) is 4.55. The van der Waals surface area contributed by atoms with Crippen molar-refractivity contribution in [3.63, 3.8) is 0 Å². The summed E-state index contributed by atoms with van der Waals surface area (Å²) in [6, 6.07) is 22.0. The number of amides is 1. The predicted molar refractivity (Wildman–Crippen MR) is 127 cm³/mol. The van der Waals surface area contributed by atoms with Crippen molar-refractivity contribution in [3.8, 4) is 0 Å². The second kappa shape index (κ2) is 9.17. The second-order valence-corrected chi connectivity index (χ2v) is 10.2. The number of nitrogens with one attached hydrogen (secondary N) is 1. The lowest BCUT2D eigenvalue weighted by atomic mass is 9.88. The highest BCUT2D eigenvalue weighted by Gasteiger charge is 2.29. The summed E-state index contributed by atoms with van der Waals surface area (Å²) >= 11 is 0. The molecule has 3 aromatic carbocycles. The van der Waals surface area contributed by atoms with Gasteiger partial charge in [-0.1, -0.05) is 60.2 Å². The minimum Gasteiger partial charge on any atom is -0.348 e. The summed E-state index contributed by atoms with van der Waals surface area (Å²) in [6.45, 7) is 3.48. The van der Waals surface area contributed by atoms with Crippen LogP contribution in [0.2, 0.25) is 0 Å². The number of hydrogen-bond donors (Lipinski definition) is 1. The van der Waals surface area contributed by atoms with Crippen LogP contribution in [0.15, 0.2) is 77.7 Å². The van der Waals surface area contributed by atoms with Crippen LogP contribution in [0.1, 0.15) is 41.1 Å². The molecule has 0 bridgehead atoms. The van der Waals surface area contributed by atoms with E-state index in [1.165, 1.54) is 9.87 Å². The quantitative estimate of drug-likeness (QED) is 0.595. The van der Waals surface area contributed by atoms with Gasteiger partial charge in [-0.3, -0.25) is 9.10 Å². The molecule has 1 aliphatic carbocycles. The molecule has 0 spiro atoms. The number of nitrogens with zero attached hydrogens (tertiary/aromatic N) is 1. The van der Waals surface area contributed by atoms with Gasteiger partial charge in [-0.2, -0.15) is 0 Å². The summed E-state index contributed by atoms with van der Waals surface area (Å²) in [6.07, 6.45) is 2.84. The molecule has 1 N–H and O–H groups in total. The van der Waals surface area contributed by atoms with Crippen LogP contribution >= 0.6 is 0 Å². The van der Waals surface area contributed by atoms with Gasteiger partial charge in [-0.25, -0.2) is 8.42 Å². The fourth-order valence-corrected chi connectivity index (χ4v) is 5.74. The number of fused-ring (bicyclic) bond motifs is 1. The summed E-state index contributed by atoms with van der Waals surface area (Å²) in [5, 5.41) is 3.08. The first-order valence-electron chi connectivity index (χ1n) is 10.9. The molecule has 0 unspecified atom stereocenters. The van der Waals surface area contributed by atoms with Crippen molar-refractivity contribution in [2.75, 3.05) is 10.8 Å². The van der Waals surface area contributed by atoms with Crippen LogP contribution in [-0.2, 0) is 21.2 Å². The molecule has 3 aromatic rings. The van der Waals surface area contributed by atoms with E-state index in [0.717, 1.165) is 36.0 Å². The van der Waals surface area contributed by atoms with Crippen molar-refractivity contribution in [2.45, 2.75) is 44.0 Å². The van der Waals surface area contributed by atoms with Crippen LogP contribution in [0.4, 0.5) is 5.69 Å². The van der Waals surface area contributed by atoms with E-state index in [2.05, 4.69) is 11.4 Å². The lowest BCUT2D eigenvalue weighted by molar-refractivity contribution is -0.120. The maximum Gasteiger partial charge on any atom is 0.264 e. The van der Waals surface area contributed by atoms with Gasteiger partial charge in [0, 0.05) is 0 Å². The average molecular weight is 449 g/mol. The zero-order valence-corrected chi connectivity index (χ0v) is 19.2. The summed E-state index contributed by atoms with van der Waals surface area (Å²) in [5.74, 6) is -0.314. The normalized spacial score (nSPS) is 15.6. The van der Waals surface area contributed by atoms with Gasteiger partial charge in [0.05, 0.1) is 16.6 Å². The Labute approximate surface area is 190 Å². The van der Waals surface area contributed by atoms with Gasteiger partial charge in [0.15, 0.2) is 0 Å². The molecule has 0 heterocycles. The van der Waals surface area contributed by atoms with Crippen LogP contribution in [0.25, 0.3) is 0 Å². The SMILES string of the molecule is Cc1ccc(S(=O)(=O)N(CC(=O)N[C@H]2CCCc3ccccc32)c2ccccc2C)cc1. The van der Waals surface area contributed by atoms with Crippen LogP contribution in [0, 0.1) is 13.8 Å². The second-order valence-electron chi connectivity index (χ2n) is 8.32. The highest BCUT2D eigenvalue weighted by atomic mass is 32.2. The number of rotatable bonds is 6. The molecular weight excluding hydrogens is 420 g/mol. The third-order valence-electron chi connectivity index (χ3n) is 5.98. The van der Waals surface area contributed by atoms with Crippen molar-refractivity contribution in [2.24, 2.45) is 0 Å². The van der Waals surface area contributed by atoms with E-state index in [-0.39, 0.29) is 23.4 Å². The van der Waals surface area contributed by atoms with E-state index < -0.39 is 10.0 Å². The van der Waals surface area contributed by atoms with Crippen LogP contribution < -0.4 is 9.62 Å². The topological polar surface area (TPSA) is 66.5 Å². The molecule has 5 nitrogen and oxygen atoms in total. The largest absolute Gasteiger partial charge is 0.348 e. The number of carbonyl (C=O) groups is 1. The van der Waals surface area contributed by atoms with Crippen molar-refractivity contribution >= 4 is 21.6 Å². The standard InChI is InChI=1S/C26H28N2O3S/c1-19-14-16-22(17-15-19)32(30,31)28(25-13-6-3-8-20(25)2)18-26(29)27-24-12-7-10-21-9-4-5-11-23(21)24/h3-6,8-9,11,13-17,24H,7,10,12,18H2,1-2H3,(H,27,29)/t24-/m0/s1. The van der Waals surface area contributed by atoms with Crippen molar-refractivity contribution in [3.05, 3.63) is 95.1 Å². The Balaban J connectivity index is 1.64. The fraction of sp³-hybridized carbons (Fsp3) is 0.269. The van der Waals surface area contributed by atoms with Crippen molar-refractivity contribution in [1.29, 1.82) is 0 Å². The van der Waals surface area contributed by atoms with Crippen LogP contribution in [0.5, 0.6) is 0 Å². The minimum atomic E-state index is -3.92. The molecule has 0 saturated carbocycles. The van der Waals surface area contributed by atoms with Gasteiger partial charge in [0.25, 0.3) is 10.0 Å². The molecule has 0 aromatic heterocycles. The predicted octanol–water partition coefficient (Wildman–Crippen LogP) is 4.69. The Hall–Kier alpha value is -3.12. The van der Waals surface area contributed by atoms with Crippen molar-refractivity contribution in [1.82, 2.24) is 5.32 Å². The van der Waals surface area contributed by atoms with E-state index in [1.54, 1.807) is 36.4 Å². The van der Waals surface area contributed by atoms with Crippen LogP contribution in [-0.4, -0.2) is 20.9 Å². The monoisotopic (exact) mass is 448 g/mol. The smallest absolute Gasteiger partial charge is 0.264 e. The van der Waals surface area contributed by atoms with E-state index in [4.69, 9.17) is 0 Å². The molecule has 1 amide bonds. The molecule has 1 atom stereocenters. The van der Waals surface area contributed by atoms with Gasteiger partial charge in [0.2, 0.25) is 5.91 Å². The molecule has 4 rings (SSSR count). The molecule has 0 saturated heterocycles. The van der Waals surface area contributed by atoms with Gasteiger partial charge in [-0.05, 0) is 68.0 Å². The van der Waals surface area contributed by atoms with Gasteiger partial charge in [0.1, 0.15) is 6.54 Å². The van der Waals surface area contributed by atoms with Gasteiger partial charge >= 0.3 is 0 Å². The maximum atomic E-state index is 13.6. The highest BCUT2D eigenvalue weighted by molar-refractivity contribution is 7.92. The molecule has 0 radical (unpaired) electrons. The van der Waals surface area contributed by atoms with Crippen LogP contribution in [0.3, 0.4) is 0 Å². The molecular formula is C26H28N2O3S. The van der Waals surface area contributed by atoms with E-state index >= 15 is 0 Å². The van der Waals surface area contributed by atoms with E-state index in [1.807, 2.05) is 44.2 Å². The molecule has 1 aliphatic rings. The molecule has 32 heavy (non-hydrogen) atoms. The zero-order valence-electron chi connectivity index (χ0n) is 18.4. The number of sulfonamides is 1. The zero-order chi connectivity index (χ0) is 22.7. The Bertz CT molecular complexity index is 1220. The summed E-state index contributed by atoms with van der Waals surface area (Å²) < 4.78 is 28.4. The summed E-state index contributed by atoms with van der Waals surface area (Å²) in [5.41, 5.74) is 4.63. The Morgan fingerprint density at radius 3 is 2.41 bits per heavy atom. The highest BCUT2D eigenvalue weighted by Crippen LogP contribution is 2.30. The molecule has 166 valence electrons. The fourth-order valence-electron chi connectivity index (χ4n) is 4.25. The Morgan fingerprint density at radius 1 is 0.969 bits per heavy atom. The first-order chi connectivity index (χ1) is 15.4. The minimum absolute atomic E-state index is 0.103. The number of hydrogen-bond acceptors (Lipinski definition) is 3. The van der Waals surface area contributed by atoms with Crippen molar-refractivity contribution < 1.29 is 13.2 Å². The molecule has 0 fully saturated rings. The first-order valence-corrected chi connectivity index (χ1v) is 12.3. The summed E-state index contributed by atoms with van der Waals surface area (Å²) in [7, 11) is -3.92. The maximum absolute atomic E-state index is 13.6. The number of benzene rings is 3. The number of para-hydroxylation sites is 1. The summed E-state index contributed by atoms with van der Waals surface area (Å²) in [4.78, 5) is 13.3. The number of aryl methyl sites for hydroxylation is 3. The van der Waals surface area contributed by atoms with Gasteiger partial charge in [-0.15, -0.1) is 0 Å². The lowest BCUT2D eigenvalue weighted by Crippen LogP contribution is -2.42. The molecule has 6 heteroatoms. The number of carbonyl (C=O) groups excluding carboxylic acids is 1. The Kier molecular flexibility index (Phi) is 6.33. The average Bonchev–Trinajstić information content (AvgIpc) is 2.78. The lowest BCUT2D eigenvalue weighted by Gasteiger charge is -2.29. The third-order valence-corrected chi connectivity index (χ3v) is 7.76.